The van der Waals surface area contributed by atoms with Crippen molar-refractivity contribution in [3.05, 3.63) is 70.8 Å². The van der Waals surface area contributed by atoms with Gasteiger partial charge >= 0.3 is 5.97 Å². The predicted molar refractivity (Wildman–Crippen MR) is 100 cm³/mol. The van der Waals surface area contributed by atoms with Crippen molar-refractivity contribution in [1.29, 1.82) is 0 Å². The van der Waals surface area contributed by atoms with Crippen molar-refractivity contribution < 1.29 is 9.53 Å². The molecule has 0 saturated carbocycles. The van der Waals surface area contributed by atoms with Crippen LogP contribution in [0.4, 0.5) is 0 Å². The second kappa shape index (κ2) is 8.81. The number of nitrogens with zero attached hydrogens (tertiary/aromatic N) is 1. The lowest BCUT2D eigenvalue weighted by Crippen LogP contribution is -2.23. The first kappa shape index (κ1) is 17.7. The van der Waals surface area contributed by atoms with Gasteiger partial charge in [-0.05, 0) is 59.8 Å². The summed E-state index contributed by atoms with van der Waals surface area (Å²) in [4.78, 5) is 11.8. The summed E-state index contributed by atoms with van der Waals surface area (Å²) in [6.45, 7) is 0. The SMILES string of the molecule is NC(=S)NN=Cc1ccc(OC(=O)C=Cc2ccccc2Cl)cc1. The number of carbonyl (C=O) groups excluding carboxylic acids is 1. The number of hydrogen-bond donors (Lipinski definition) is 2. The molecule has 2 rings (SSSR count). The molecule has 0 radical (unpaired) electrons. The maximum absolute atomic E-state index is 11.8. The third-order valence-corrected chi connectivity index (χ3v) is 3.23. The third-order valence-electron chi connectivity index (χ3n) is 2.79. The average molecular weight is 360 g/mol. The fraction of sp³-hybridized carbons (Fsp3) is 0. The van der Waals surface area contributed by atoms with Crippen molar-refractivity contribution in [2.24, 2.45) is 10.8 Å². The van der Waals surface area contributed by atoms with E-state index in [9.17, 15) is 4.79 Å². The molecule has 0 unspecified atom stereocenters. The highest BCUT2D eigenvalue weighted by molar-refractivity contribution is 7.80. The molecule has 0 amide bonds. The van der Waals surface area contributed by atoms with Gasteiger partial charge in [-0.2, -0.15) is 5.10 Å². The van der Waals surface area contributed by atoms with Gasteiger partial charge in [0.05, 0.1) is 6.21 Å². The van der Waals surface area contributed by atoms with Crippen LogP contribution in [0, 0.1) is 0 Å². The topological polar surface area (TPSA) is 76.7 Å². The molecule has 2 aromatic carbocycles. The first-order chi connectivity index (χ1) is 11.5. The molecule has 0 aliphatic carbocycles. The highest BCUT2D eigenvalue weighted by atomic mass is 35.5. The molecule has 0 bridgehead atoms. The summed E-state index contributed by atoms with van der Waals surface area (Å²) < 4.78 is 5.20. The van der Waals surface area contributed by atoms with Crippen molar-refractivity contribution in [1.82, 2.24) is 5.43 Å². The van der Waals surface area contributed by atoms with Crippen LogP contribution in [0.2, 0.25) is 5.02 Å². The third kappa shape index (κ3) is 5.83. The number of hydrazone groups is 1. The minimum Gasteiger partial charge on any atom is -0.423 e. The molecule has 0 atom stereocenters. The predicted octanol–water partition coefficient (Wildman–Crippen LogP) is 3.13. The molecule has 0 fully saturated rings. The summed E-state index contributed by atoms with van der Waals surface area (Å²) in [5.74, 6) is -0.0743. The van der Waals surface area contributed by atoms with Gasteiger partial charge in [-0.25, -0.2) is 4.79 Å². The molecule has 2 aromatic rings. The molecule has 122 valence electrons. The van der Waals surface area contributed by atoms with Gasteiger partial charge in [0.1, 0.15) is 5.75 Å². The number of benzene rings is 2. The van der Waals surface area contributed by atoms with Crippen molar-refractivity contribution in [2.75, 3.05) is 0 Å². The standard InChI is InChI=1S/C17H14ClN3O2S/c18-15-4-2-1-3-13(15)7-10-16(22)23-14-8-5-12(6-9-14)11-20-21-17(19)24/h1-11H,(H3,19,21,24). The largest absolute Gasteiger partial charge is 0.423 e. The van der Waals surface area contributed by atoms with Crippen LogP contribution in [0.1, 0.15) is 11.1 Å². The van der Waals surface area contributed by atoms with Gasteiger partial charge in [-0.1, -0.05) is 29.8 Å². The number of esters is 1. The Morgan fingerprint density at radius 1 is 1.21 bits per heavy atom. The van der Waals surface area contributed by atoms with Crippen LogP contribution in [0.15, 0.2) is 59.7 Å². The van der Waals surface area contributed by atoms with E-state index in [0.717, 1.165) is 11.1 Å². The second-order valence-corrected chi connectivity index (χ2v) is 5.43. The molecule has 0 spiro atoms. The van der Waals surface area contributed by atoms with E-state index in [1.165, 1.54) is 6.08 Å². The maximum atomic E-state index is 11.8. The maximum Gasteiger partial charge on any atom is 0.336 e. The fourth-order valence-electron chi connectivity index (χ4n) is 1.71. The van der Waals surface area contributed by atoms with Crippen LogP contribution in [0.3, 0.4) is 0 Å². The van der Waals surface area contributed by atoms with Crippen molar-refractivity contribution >= 4 is 47.2 Å². The molecular weight excluding hydrogens is 346 g/mol. The van der Waals surface area contributed by atoms with Gasteiger partial charge in [-0.3, -0.25) is 5.43 Å². The van der Waals surface area contributed by atoms with Crippen molar-refractivity contribution in [2.45, 2.75) is 0 Å². The lowest BCUT2D eigenvalue weighted by Gasteiger charge is -2.02. The number of hydrogen-bond acceptors (Lipinski definition) is 4. The van der Waals surface area contributed by atoms with Crippen LogP contribution in [-0.4, -0.2) is 17.3 Å². The minimum absolute atomic E-state index is 0.0853. The van der Waals surface area contributed by atoms with Crippen LogP contribution >= 0.6 is 23.8 Å². The molecule has 7 heteroatoms. The monoisotopic (exact) mass is 359 g/mol. The molecule has 0 aliphatic rings. The number of nitrogens with one attached hydrogen (secondary N) is 1. The summed E-state index contributed by atoms with van der Waals surface area (Å²) in [7, 11) is 0. The van der Waals surface area contributed by atoms with Gasteiger partial charge in [0.25, 0.3) is 0 Å². The van der Waals surface area contributed by atoms with Crippen LogP contribution in [0.25, 0.3) is 6.08 Å². The molecule has 0 aromatic heterocycles. The summed E-state index contributed by atoms with van der Waals surface area (Å²) in [6.07, 6.45) is 4.47. The number of rotatable bonds is 5. The van der Waals surface area contributed by atoms with Gasteiger partial charge in [0.2, 0.25) is 0 Å². The Balaban J connectivity index is 1.93. The van der Waals surface area contributed by atoms with E-state index in [0.29, 0.717) is 10.8 Å². The normalized spacial score (nSPS) is 10.9. The Labute approximate surface area is 149 Å². The number of carbonyl (C=O) groups is 1. The summed E-state index contributed by atoms with van der Waals surface area (Å²) in [5, 5.41) is 4.48. The Kier molecular flexibility index (Phi) is 6.48. The Morgan fingerprint density at radius 2 is 1.92 bits per heavy atom. The number of halogens is 1. The zero-order valence-electron chi connectivity index (χ0n) is 12.5. The molecular formula is C17H14ClN3O2S. The van der Waals surface area contributed by atoms with Crippen LogP contribution < -0.4 is 15.9 Å². The van der Waals surface area contributed by atoms with E-state index in [4.69, 9.17) is 22.1 Å². The van der Waals surface area contributed by atoms with E-state index in [1.807, 2.05) is 12.1 Å². The fourth-order valence-corrected chi connectivity index (χ4v) is 1.96. The average Bonchev–Trinajstić information content (AvgIpc) is 2.55. The second-order valence-electron chi connectivity index (χ2n) is 4.58. The number of ether oxygens (including phenoxy) is 1. The molecule has 5 nitrogen and oxygen atoms in total. The first-order valence-electron chi connectivity index (χ1n) is 6.87. The molecule has 0 heterocycles. The lowest BCUT2D eigenvalue weighted by molar-refractivity contribution is -0.128. The quantitative estimate of drug-likeness (QED) is 0.214. The number of nitrogens with two attached hydrogens (primary N) is 1. The van der Waals surface area contributed by atoms with E-state index < -0.39 is 5.97 Å². The number of thiocarbonyl (C=S) groups is 1. The van der Waals surface area contributed by atoms with Crippen molar-refractivity contribution in [3.8, 4) is 5.75 Å². The Hall–Kier alpha value is -2.70. The van der Waals surface area contributed by atoms with Gasteiger partial charge in [0.15, 0.2) is 5.11 Å². The van der Waals surface area contributed by atoms with Gasteiger partial charge in [0, 0.05) is 11.1 Å². The van der Waals surface area contributed by atoms with Gasteiger partial charge in [-0.15, -0.1) is 0 Å². The van der Waals surface area contributed by atoms with E-state index in [1.54, 1.807) is 48.7 Å². The summed E-state index contributed by atoms with van der Waals surface area (Å²) >= 11 is 10.6. The molecule has 3 N–H and O–H groups in total. The zero-order valence-corrected chi connectivity index (χ0v) is 14.1. The highest BCUT2D eigenvalue weighted by Gasteiger charge is 2.01. The smallest absolute Gasteiger partial charge is 0.336 e. The Morgan fingerprint density at radius 3 is 2.58 bits per heavy atom. The van der Waals surface area contributed by atoms with E-state index >= 15 is 0 Å². The minimum atomic E-state index is -0.494. The summed E-state index contributed by atoms with van der Waals surface area (Å²) in [5.41, 5.74) is 9.24. The Bertz CT molecular complexity index is 789. The highest BCUT2D eigenvalue weighted by Crippen LogP contribution is 2.17. The first-order valence-corrected chi connectivity index (χ1v) is 7.66. The lowest BCUT2D eigenvalue weighted by atomic mass is 10.2. The van der Waals surface area contributed by atoms with E-state index in [-0.39, 0.29) is 5.11 Å². The van der Waals surface area contributed by atoms with E-state index in [2.05, 4.69) is 22.7 Å². The van der Waals surface area contributed by atoms with Crippen LogP contribution in [0.5, 0.6) is 5.75 Å². The summed E-state index contributed by atoms with van der Waals surface area (Å²) in [6, 6.07) is 14.0. The zero-order chi connectivity index (χ0) is 17.4. The van der Waals surface area contributed by atoms with Crippen LogP contribution in [-0.2, 0) is 4.79 Å². The van der Waals surface area contributed by atoms with Crippen molar-refractivity contribution in [3.63, 3.8) is 0 Å². The molecule has 0 aliphatic heterocycles. The molecule has 24 heavy (non-hydrogen) atoms. The molecule has 0 saturated heterocycles. The van der Waals surface area contributed by atoms with Gasteiger partial charge < -0.3 is 10.5 Å².